The van der Waals surface area contributed by atoms with Crippen molar-refractivity contribution in [2.45, 2.75) is 45.1 Å². The van der Waals surface area contributed by atoms with E-state index < -0.39 is 0 Å². The van der Waals surface area contributed by atoms with Crippen molar-refractivity contribution in [3.05, 3.63) is 0 Å². The fraction of sp³-hybridized carbons (Fsp3) is 0.857. The van der Waals surface area contributed by atoms with Gasteiger partial charge in [0.1, 0.15) is 6.61 Å². The molecule has 0 radical (unpaired) electrons. The van der Waals surface area contributed by atoms with Gasteiger partial charge in [-0.05, 0) is 26.2 Å². The lowest BCUT2D eigenvalue weighted by molar-refractivity contribution is -0.142. The Kier molecular flexibility index (Phi) is 5.19. The Morgan fingerprint density at radius 2 is 2.00 bits per heavy atom. The van der Waals surface area contributed by atoms with Crippen molar-refractivity contribution in [1.29, 1.82) is 0 Å². The van der Waals surface area contributed by atoms with Crippen molar-refractivity contribution in [3.8, 4) is 0 Å². The molecule has 0 aromatic carbocycles. The van der Waals surface area contributed by atoms with Crippen molar-refractivity contribution in [3.63, 3.8) is 0 Å². The van der Waals surface area contributed by atoms with Gasteiger partial charge in [0.15, 0.2) is 0 Å². The first-order valence-electron chi connectivity index (χ1n) is 7.33. The predicted octanol–water partition coefficient (Wildman–Crippen LogP) is 1.03. The third-order valence-corrected chi connectivity index (χ3v) is 4.04. The molecule has 108 valence electrons. The van der Waals surface area contributed by atoms with Gasteiger partial charge >= 0.3 is 0 Å². The molecule has 2 aliphatic rings. The van der Waals surface area contributed by atoms with Crippen LogP contribution in [0.4, 0.5) is 0 Å². The van der Waals surface area contributed by atoms with E-state index in [0.717, 1.165) is 38.8 Å². The van der Waals surface area contributed by atoms with Crippen LogP contribution in [0.1, 0.15) is 39.0 Å². The van der Waals surface area contributed by atoms with E-state index in [9.17, 15) is 9.59 Å². The van der Waals surface area contributed by atoms with Gasteiger partial charge in [0, 0.05) is 32.1 Å². The number of amides is 2. The van der Waals surface area contributed by atoms with E-state index in [-0.39, 0.29) is 24.5 Å². The topological polar surface area (TPSA) is 49.9 Å². The van der Waals surface area contributed by atoms with E-state index in [1.54, 1.807) is 0 Å². The van der Waals surface area contributed by atoms with Gasteiger partial charge in [-0.15, -0.1) is 0 Å². The zero-order chi connectivity index (χ0) is 13.7. The Morgan fingerprint density at radius 3 is 2.79 bits per heavy atom. The van der Waals surface area contributed by atoms with E-state index in [2.05, 4.69) is 6.92 Å². The minimum absolute atomic E-state index is 0.0700. The summed E-state index contributed by atoms with van der Waals surface area (Å²) in [6, 6.07) is 0.223. The molecule has 1 atom stereocenters. The minimum atomic E-state index is 0.0700. The second-order valence-electron chi connectivity index (χ2n) is 5.47. The average Bonchev–Trinajstić information content (AvgIpc) is 2.62. The van der Waals surface area contributed by atoms with Gasteiger partial charge in [0.25, 0.3) is 0 Å². The Labute approximate surface area is 114 Å². The Hall–Kier alpha value is -1.10. The van der Waals surface area contributed by atoms with Gasteiger partial charge in [-0.1, -0.05) is 6.42 Å². The molecule has 0 aromatic heterocycles. The molecule has 2 amide bonds. The van der Waals surface area contributed by atoms with Crippen LogP contribution in [0.2, 0.25) is 0 Å². The van der Waals surface area contributed by atoms with Crippen LogP contribution in [0.3, 0.4) is 0 Å². The Bertz CT molecular complexity index is 333. The number of nitrogens with zero attached hydrogens (tertiary/aromatic N) is 2. The second kappa shape index (κ2) is 6.89. The lowest BCUT2D eigenvalue weighted by Crippen LogP contribution is -2.45. The van der Waals surface area contributed by atoms with E-state index >= 15 is 0 Å². The summed E-state index contributed by atoms with van der Waals surface area (Å²) >= 11 is 0. The third kappa shape index (κ3) is 3.93. The van der Waals surface area contributed by atoms with E-state index in [1.807, 2.05) is 9.80 Å². The summed E-state index contributed by atoms with van der Waals surface area (Å²) in [6.07, 6.45) is 4.81. The molecule has 1 unspecified atom stereocenters. The van der Waals surface area contributed by atoms with Crippen LogP contribution < -0.4 is 0 Å². The summed E-state index contributed by atoms with van der Waals surface area (Å²) in [4.78, 5) is 27.5. The smallest absolute Gasteiger partial charge is 0.248 e. The quantitative estimate of drug-likeness (QED) is 0.765. The molecule has 5 nitrogen and oxygen atoms in total. The first-order chi connectivity index (χ1) is 9.18. The fourth-order valence-electron chi connectivity index (χ4n) is 2.75. The number of hydrogen-bond acceptors (Lipinski definition) is 3. The maximum atomic E-state index is 12.0. The molecule has 0 saturated carbocycles. The maximum absolute atomic E-state index is 12.0. The largest absolute Gasteiger partial charge is 0.370 e. The zero-order valence-corrected chi connectivity index (χ0v) is 11.8. The molecule has 0 N–H and O–H groups in total. The van der Waals surface area contributed by atoms with Crippen LogP contribution in [-0.4, -0.2) is 60.5 Å². The average molecular weight is 268 g/mol. The first-order valence-corrected chi connectivity index (χ1v) is 7.33. The monoisotopic (exact) mass is 268 g/mol. The lowest BCUT2D eigenvalue weighted by atomic mass is 10.1. The molecular weight excluding hydrogens is 244 g/mol. The second-order valence-corrected chi connectivity index (χ2v) is 5.47. The summed E-state index contributed by atoms with van der Waals surface area (Å²) in [6.45, 7) is 5.21. The predicted molar refractivity (Wildman–Crippen MR) is 71.7 cm³/mol. The van der Waals surface area contributed by atoms with E-state index in [0.29, 0.717) is 19.6 Å². The molecule has 2 rings (SSSR count). The summed E-state index contributed by atoms with van der Waals surface area (Å²) < 4.78 is 5.11. The molecule has 2 fully saturated rings. The number of morpholine rings is 1. The van der Waals surface area contributed by atoms with Crippen LogP contribution in [-0.2, 0) is 14.3 Å². The van der Waals surface area contributed by atoms with Crippen LogP contribution in [0.25, 0.3) is 0 Å². The van der Waals surface area contributed by atoms with Gasteiger partial charge in [0.2, 0.25) is 11.8 Å². The van der Waals surface area contributed by atoms with Gasteiger partial charge in [-0.2, -0.15) is 0 Å². The SMILES string of the molecule is CC(CCN1CCOCC1=O)N1CCCCCC1=O. The molecule has 0 spiro atoms. The molecule has 5 heteroatoms. The van der Waals surface area contributed by atoms with Crippen LogP contribution in [0.15, 0.2) is 0 Å². The maximum Gasteiger partial charge on any atom is 0.248 e. The highest BCUT2D eigenvalue weighted by molar-refractivity contribution is 5.78. The highest BCUT2D eigenvalue weighted by Gasteiger charge is 2.24. The van der Waals surface area contributed by atoms with E-state index in [1.165, 1.54) is 0 Å². The number of rotatable bonds is 4. The number of carbonyl (C=O) groups excluding carboxylic acids is 2. The first kappa shape index (κ1) is 14.3. The van der Waals surface area contributed by atoms with Gasteiger partial charge < -0.3 is 14.5 Å². The summed E-state index contributed by atoms with van der Waals surface area (Å²) in [5.74, 6) is 0.346. The molecule has 0 aromatic rings. The normalized spacial score (nSPS) is 23.4. The van der Waals surface area contributed by atoms with Crippen molar-refractivity contribution in [1.82, 2.24) is 9.80 Å². The Balaban J connectivity index is 1.80. The highest BCUT2D eigenvalue weighted by Crippen LogP contribution is 2.16. The standard InChI is InChI=1S/C14H24N2O3/c1-12(16-7-4-2-3-5-13(16)17)6-8-15-9-10-19-11-14(15)18/h12H,2-11H2,1H3. The molecule has 2 saturated heterocycles. The molecule has 2 heterocycles. The number of carbonyl (C=O) groups is 2. The molecular formula is C14H24N2O3. The van der Waals surface area contributed by atoms with Crippen LogP contribution in [0.5, 0.6) is 0 Å². The van der Waals surface area contributed by atoms with Crippen molar-refractivity contribution in [2.75, 3.05) is 32.8 Å². The highest BCUT2D eigenvalue weighted by atomic mass is 16.5. The van der Waals surface area contributed by atoms with Gasteiger partial charge in [0.05, 0.1) is 6.61 Å². The molecule has 19 heavy (non-hydrogen) atoms. The molecule has 0 aliphatic carbocycles. The zero-order valence-electron chi connectivity index (χ0n) is 11.8. The third-order valence-electron chi connectivity index (χ3n) is 4.04. The fourth-order valence-corrected chi connectivity index (χ4v) is 2.75. The van der Waals surface area contributed by atoms with Crippen molar-refractivity contribution in [2.24, 2.45) is 0 Å². The van der Waals surface area contributed by atoms with Crippen molar-refractivity contribution < 1.29 is 14.3 Å². The summed E-state index contributed by atoms with van der Waals surface area (Å²) in [5.41, 5.74) is 0. The minimum Gasteiger partial charge on any atom is -0.370 e. The number of likely N-dealkylation sites (tertiary alicyclic amines) is 1. The lowest BCUT2D eigenvalue weighted by Gasteiger charge is -2.32. The number of ether oxygens (including phenoxy) is 1. The van der Waals surface area contributed by atoms with Gasteiger partial charge in [-0.3, -0.25) is 9.59 Å². The molecule has 2 aliphatic heterocycles. The van der Waals surface area contributed by atoms with Crippen molar-refractivity contribution >= 4 is 11.8 Å². The summed E-state index contributed by atoms with van der Waals surface area (Å²) in [7, 11) is 0. The van der Waals surface area contributed by atoms with E-state index in [4.69, 9.17) is 4.74 Å². The molecule has 0 bridgehead atoms. The summed E-state index contributed by atoms with van der Waals surface area (Å²) in [5, 5.41) is 0. The van der Waals surface area contributed by atoms with Gasteiger partial charge in [-0.25, -0.2) is 0 Å². The number of hydrogen-bond donors (Lipinski definition) is 0. The van der Waals surface area contributed by atoms with Crippen LogP contribution in [0, 0.1) is 0 Å². The van der Waals surface area contributed by atoms with Crippen LogP contribution >= 0.6 is 0 Å². The Morgan fingerprint density at radius 1 is 1.16 bits per heavy atom.